The number of non-ortho nitro benzene ring substituents is 1. The van der Waals surface area contributed by atoms with Gasteiger partial charge in [0.05, 0.1) is 16.5 Å². The van der Waals surface area contributed by atoms with E-state index in [1.54, 1.807) is 0 Å². The van der Waals surface area contributed by atoms with Gasteiger partial charge in [0.25, 0.3) is 5.69 Å². The van der Waals surface area contributed by atoms with Crippen molar-refractivity contribution in [3.8, 4) is 0 Å². The number of nitro benzene ring substituents is 1. The predicted molar refractivity (Wildman–Crippen MR) is 82.1 cm³/mol. The van der Waals surface area contributed by atoms with Crippen LogP contribution in [0.2, 0.25) is 0 Å². The molecule has 0 aliphatic heterocycles. The van der Waals surface area contributed by atoms with E-state index in [-0.39, 0.29) is 22.5 Å². The van der Waals surface area contributed by atoms with Crippen molar-refractivity contribution in [2.24, 2.45) is 0 Å². The zero-order valence-electron chi connectivity index (χ0n) is 12.4. The molecule has 3 aromatic rings. The molecule has 2 aromatic carbocycles. The SMILES string of the molecule is O=C(Cn1c(=O)oc2cc([N+](=O)[O-])ccc21)Nc1ccc(F)c(F)c1. The molecular weight excluding hydrogens is 340 g/mol. The first-order valence-corrected chi connectivity index (χ1v) is 6.88. The van der Waals surface area contributed by atoms with Gasteiger partial charge in [-0.1, -0.05) is 0 Å². The van der Waals surface area contributed by atoms with Crippen molar-refractivity contribution in [1.29, 1.82) is 0 Å². The van der Waals surface area contributed by atoms with Gasteiger partial charge in [0.1, 0.15) is 6.54 Å². The summed E-state index contributed by atoms with van der Waals surface area (Å²) in [5, 5.41) is 13.0. The number of halogens is 2. The number of hydrogen-bond donors (Lipinski definition) is 1. The van der Waals surface area contributed by atoms with E-state index in [9.17, 15) is 28.5 Å². The van der Waals surface area contributed by atoms with E-state index in [1.165, 1.54) is 12.1 Å². The lowest BCUT2D eigenvalue weighted by Gasteiger charge is -2.06. The molecule has 10 heteroatoms. The minimum atomic E-state index is -1.13. The first-order valence-electron chi connectivity index (χ1n) is 6.88. The van der Waals surface area contributed by atoms with Crippen LogP contribution in [0.4, 0.5) is 20.2 Å². The van der Waals surface area contributed by atoms with Crippen LogP contribution >= 0.6 is 0 Å². The summed E-state index contributed by atoms with van der Waals surface area (Å²) in [7, 11) is 0. The van der Waals surface area contributed by atoms with Gasteiger partial charge in [0.15, 0.2) is 17.2 Å². The Morgan fingerprint density at radius 3 is 2.64 bits per heavy atom. The number of amides is 1. The summed E-state index contributed by atoms with van der Waals surface area (Å²) in [5.74, 6) is -3.75. The molecule has 0 bridgehead atoms. The van der Waals surface area contributed by atoms with Gasteiger partial charge in [-0.05, 0) is 18.2 Å². The third-order valence-corrected chi connectivity index (χ3v) is 3.37. The fourth-order valence-corrected chi connectivity index (χ4v) is 2.24. The number of rotatable bonds is 4. The summed E-state index contributed by atoms with van der Waals surface area (Å²) in [6.45, 7) is -0.470. The Labute approximate surface area is 137 Å². The lowest BCUT2D eigenvalue weighted by atomic mass is 10.3. The molecule has 0 radical (unpaired) electrons. The third kappa shape index (κ3) is 3.22. The second-order valence-corrected chi connectivity index (χ2v) is 5.04. The van der Waals surface area contributed by atoms with Crippen LogP contribution in [-0.2, 0) is 11.3 Å². The number of oxazole rings is 1. The van der Waals surface area contributed by atoms with Crippen LogP contribution in [0.25, 0.3) is 11.1 Å². The molecule has 0 spiro atoms. The van der Waals surface area contributed by atoms with Crippen LogP contribution in [-0.4, -0.2) is 15.4 Å². The van der Waals surface area contributed by atoms with E-state index in [0.717, 1.165) is 28.8 Å². The molecule has 1 heterocycles. The number of nitro groups is 1. The zero-order chi connectivity index (χ0) is 18.1. The van der Waals surface area contributed by atoms with E-state index >= 15 is 0 Å². The normalized spacial score (nSPS) is 10.8. The molecular formula is C15H9F2N3O5. The fourth-order valence-electron chi connectivity index (χ4n) is 2.24. The lowest BCUT2D eigenvalue weighted by molar-refractivity contribution is -0.384. The number of hydrogen-bond acceptors (Lipinski definition) is 5. The maximum Gasteiger partial charge on any atom is 0.420 e. The highest BCUT2D eigenvalue weighted by atomic mass is 19.2. The van der Waals surface area contributed by atoms with Gasteiger partial charge in [0, 0.05) is 17.8 Å². The Balaban J connectivity index is 1.85. The number of carbonyl (C=O) groups excluding carboxylic acids is 1. The quantitative estimate of drug-likeness (QED) is 0.575. The van der Waals surface area contributed by atoms with Gasteiger partial charge >= 0.3 is 5.76 Å². The van der Waals surface area contributed by atoms with E-state index < -0.39 is 34.8 Å². The molecule has 1 aromatic heterocycles. The van der Waals surface area contributed by atoms with Gasteiger partial charge in [-0.2, -0.15) is 0 Å². The molecule has 0 aliphatic carbocycles. The first kappa shape index (κ1) is 16.3. The monoisotopic (exact) mass is 349 g/mol. The fraction of sp³-hybridized carbons (Fsp3) is 0.0667. The Kier molecular flexibility index (Phi) is 4.01. The Morgan fingerprint density at radius 2 is 1.96 bits per heavy atom. The van der Waals surface area contributed by atoms with Crippen LogP contribution < -0.4 is 11.1 Å². The van der Waals surface area contributed by atoms with Crippen molar-refractivity contribution in [2.75, 3.05) is 5.32 Å². The molecule has 3 rings (SSSR count). The van der Waals surface area contributed by atoms with Gasteiger partial charge in [-0.15, -0.1) is 0 Å². The highest BCUT2D eigenvalue weighted by molar-refractivity contribution is 5.91. The Morgan fingerprint density at radius 1 is 1.20 bits per heavy atom. The number of carbonyl (C=O) groups is 1. The van der Waals surface area contributed by atoms with Crippen molar-refractivity contribution in [3.63, 3.8) is 0 Å². The van der Waals surface area contributed by atoms with Gasteiger partial charge < -0.3 is 9.73 Å². The average Bonchev–Trinajstić information content (AvgIpc) is 2.86. The van der Waals surface area contributed by atoms with Crippen LogP contribution in [0.15, 0.2) is 45.6 Å². The van der Waals surface area contributed by atoms with Crippen LogP contribution in [0.5, 0.6) is 0 Å². The van der Waals surface area contributed by atoms with Crippen molar-refractivity contribution < 1.29 is 22.9 Å². The maximum absolute atomic E-state index is 13.1. The van der Waals surface area contributed by atoms with Crippen LogP contribution in [0.3, 0.4) is 0 Å². The van der Waals surface area contributed by atoms with Crippen molar-refractivity contribution >= 4 is 28.4 Å². The highest BCUT2D eigenvalue weighted by Gasteiger charge is 2.16. The highest BCUT2D eigenvalue weighted by Crippen LogP contribution is 2.20. The summed E-state index contributed by atoms with van der Waals surface area (Å²) < 4.78 is 31.9. The molecule has 0 atom stereocenters. The topological polar surface area (TPSA) is 107 Å². The lowest BCUT2D eigenvalue weighted by Crippen LogP contribution is -2.24. The molecule has 0 unspecified atom stereocenters. The molecule has 1 N–H and O–H groups in total. The summed E-state index contributed by atoms with van der Waals surface area (Å²) in [6, 6.07) is 6.33. The number of nitrogens with one attached hydrogen (secondary N) is 1. The summed E-state index contributed by atoms with van der Waals surface area (Å²) in [6.07, 6.45) is 0. The Bertz CT molecular complexity index is 1060. The number of fused-ring (bicyclic) bond motifs is 1. The molecule has 8 nitrogen and oxygen atoms in total. The minimum Gasteiger partial charge on any atom is -0.407 e. The largest absolute Gasteiger partial charge is 0.420 e. The zero-order valence-corrected chi connectivity index (χ0v) is 12.4. The van der Waals surface area contributed by atoms with Crippen molar-refractivity contribution in [2.45, 2.75) is 6.54 Å². The molecule has 128 valence electrons. The molecule has 0 aliphatic rings. The maximum atomic E-state index is 13.1. The van der Waals surface area contributed by atoms with Gasteiger partial charge in [0.2, 0.25) is 5.91 Å². The van der Waals surface area contributed by atoms with Crippen LogP contribution in [0, 0.1) is 21.7 Å². The number of nitrogens with zero attached hydrogens (tertiary/aromatic N) is 2. The van der Waals surface area contributed by atoms with E-state index in [1.807, 2.05) is 0 Å². The predicted octanol–water partition coefficient (Wildman–Crippen LogP) is 2.42. The van der Waals surface area contributed by atoms with Gasteiger partial charge in [-0.3, -0.25) is 19.5 Å². The van der Waals surface area contributed by atoms with E-state index in [2.05, 4.69) is 5.32 Å². The molecule has 0 saturated heterocycles. The number of benzene rings is 2. The smallest absolute Gasteiger partial charge is 0.407 e. The summed E-state index contributed by atoms with van der Waals surface area (Å²) >= 11 is 0. The van der Waals surface area contributed by atoms with Crippen LogP contribution in [0.1, 0.15) is 0 Å². The molecule has 1 amide bonds. The van der Waals surface area contributed by atoms with E-state index in [4.69, 9.17) is 4.42 Å². The Hall–Kier alpha value is -3.56. The molecule has 0 fully saturated rings. The average molecular weight is 349 g/mol. The van der Waals surface area contributed by atoms with Crippen molar-refractivity contribution in [3.05, 3.63) is 68.7 Å². The number of anilines is 1. The summed E-state index contributed by atoms with van der Waals surface area (Å²) in [4.78, 5) is 33.9. The number of aromatic nitrogens is 1. The second kappa shape index (κ2) is 6.15. The third-order valence-electron chi connectivity index (χ3n) is 3.37. The first-order chi connectivity index (χ1) is 11.8. The standard InChI is InChI=1S/C15H9F2N3O5/c16-10-3-1-8(5-11(10)17)18-14(21)7-19-12-4-2-9(20(23)24)6-13(12)25-15(19)22/h1-6H,7H2,(H,18,21). The van der Waals surface area contributed by atoms with Gasteiger partial charge in [-0.25, -0.2) is 13.6 Å². The van der Waals surface area contributed by atoms with Crippen molar-refractivity contribution in [1.82, 2.24) is 4.57 Å². The molecule has 25 heavy (non-hydrogen) atoms. The molecule has 0 saturated carbocycles. The second-order valence-electron chi connectivity index (χ2n) is 5.04. The van der Waals surface area contributed by atoms with E-state index in [0.29, 0.717) is 0 Å². The summed E-state index contributed by atoms with van der Waals surface area (Å²) in [5.41, 5.74) is -0.101. The minimum absolute atomic E-state index is 0.0142.